The van der Waals surface area contributed by atoms with Crippen molar-refractivity contribution in [3.05, 3.63) is 29.8 Å². The second-order valence-corrected chi connectivity index (χ2v) is 6.08. The predicted octanol–water partition coefficient (Wildman–Crippen LogP) is 3.18. The van der Waals surface area contributed by atoms with Gasteiger partial charge in [0, 0.05) is 30.7 Å². The summed E-state index contributed by atoms with van der Waals surface area (Å²) in [6, 6.07) is 8.84. The molecule has 3 rings (SSSR count). The van der Waals surface area contributed by atoms with E-state index < -0.39 is 0 Å². The van der Waals surface area contributed by atoms with E-state index in [1.807, 2.05) is 7.05 Å². The fourth-order valence-electron chi connectivity index (χ4n) is 3.71. The number of rotatable bonds is 3. The summed E-state index contributed by atoms with van der Waals surface area (Å²) in [4.78, 5) is 2.58. The van der Waals surface area contributed by atoms with Gasteiger partial charge in [-0.25, -0.2) is 0 Å². The molecule has 1 aliphatic heterocycles. The summed E-state index contributed by atoms with van der Waals surface area (Å²) in [6.07, 6.45) is 7.27. The lowest BCUT2D eigenvalue weighted by atomic mass is 9.68. The zero-order valence-electron chi connectivity index (χ0n) is 11.4. The van der Waals surface area contributed by atoms with E-state index in [0.29, 0.717) is 5.41 Å². The van der Waals surface area contributed by atoms with Crippen LogP contribution in [0.25, 0.3) is 0 Å². The lowest BCUT2D eigenvalue weighted by Crippen LogP contribution is -2.57. The quantitative estimate of drug-likeness (QED) is 0.878. The number of hydrogen-bond acceptors (Lipinski definition) is 2. The zero-order chi connectivity index (χ0) is 12.4. The number of para-hydroxylation sites is 1. The van der Waals surface area contributed by atoms with Crippen molar-refractivity contribution in [2.45, 2.75) is 38.6 Å². The maximum absolute atomic E-state index is 3.27. The largest absolute Gasteiger partial charge is 0.370 e. The van der Waals surface area contributed by atoms with Crippen molar-refractivity contribution in [2.75, 3.05) is 25.0 Å². The topological polar surface area (TPSA) is 15.3 Å². The van der Waals surface area contributed by atoms with Gasteiger partial charge in [-0.15, -0.1) is 0 Å². The lowest BCUT2D eigenvalue weighted by molar-refractivity contribution is 0.139. The van der Waals surface area contributed by atoms with Gasteiger partial charge in [0.05, 0.1) is 0 Å². The molecule has 2 aliphatic rings. The lowest BCUT2D eigenvalue weighted by Gasteiger charge is -2.54. The standard InChI is InChI=1S/C16H24N2/c1-17-11-14-7-3-4-8-15(14)18-12-16(13-18)9-5-2-6-10-16/h3-4,7-8,17H,2,5-6,9-13H2,1H3. The molecule has 1 aliphatic carbocycles. The molecule has 1 saturated carbocycles. The zero-order valence-corrected chi connectivity index (χ0v) is 11.4. The van der Waals surface area contributed by atoms with Gasteiger partial charge in [-0.1, -0.05) is 37.5 Å². The van der Waals surface area contributed by atoms with Crippen LogP contribution in [-0.2, 0) is 6.54 Å². The van der Waals surface area contributed by atoms with Crippen molar-refractivity contribution in [2.24, 2.45) is 5.41 Å². The van der Waals surface area contributed by atoms with E-state index in [0.717, 1.165) is 6.54 Å². The first-order chi connectivity index (χ1) is 8.83. The second-order valence-electron chi connectivity index (χ2n) is 6.08. The molecule has 18 heavy (non-hydrogen) atoms. The fraction of sp³-hybridized carbons (Fsp3) is 0.625. The van der Waals surface area contributed by atoms with Crippen LogP contribution in [0.4, 0.5) is 5.69 Å². The Morgan fingerprint density at radius 3 is 2.56 bits per heavy atom. The highest BCUT2D eigenvalue weighted by atomic mass is 15.2. The van der Waals surface area contributed by atoms with Crippen LogP contribution in [0.3, 0.4) is 0 Å². The van der Waals surface area contributed by atoms with Crippen LogP contribution in [0.2, 0.25) is 0 Å². The molecule has 0 bridgehead atoms. The number of anilines is 1. The van der Waals surface area contributed by atoms with Crippen LogP contribution in [0.15, 0.2) is 24.3 Å². The Kier molecular flexibility index (Phi) is 3.29. The summed E-state index contributed by atoms with van der Waals surface area (Å²) in [5.74, 6) is 0. The van der Waals surface area contributed by atoms with Crippen molar-refractivity contribution < 1.29 is 0 Å². The molecular formula is C16H24N2. The SMILES string of the molecule is CNCc1ccccc1N1CC2(CCCCC2)C1. The molecule has 1 spiro atoms. The van der Waals surface area contributed by atoms with Gasteiger partial charge in [0.15, 0.2) is 0 Å². The third-order valence-electron chi connectivity index (χ3n) is 4.67. The van der Waals surface area contributed by atoms with Gasteiger partial charge in [0.1, 0.15) is 0 Å². The molecule has 0 aromatic heterocycles. The maximum atomic E-state index is 3.27. The van der Waals surface area contributed by atoms with E-state index in [-0.39, 0.29) is 0 Å². The normalized spacial score (nSPS) is 21.9. The molecule has 1 aromatic carbocycles. The average molecular weight is 244 g/mol. The maximum Gasteiger partial charge on any atom is 0.0412 e. The monoisotopic (exact) mass is 244 g/mol. The highest BCUT2D eigenvalue weighted by Gasteiger charge is 2.43. The highest BCUT2D eigenvalue weighted by Crippen LogP contribution is 2.45. The van der Waals surface area contributed by atoms with E-state index >= 15 is 0 Å². The van der Waals surface area contributed by atoms with E-state index in [1.54, 1.807) is 0 Å². The third kappa shape index (κ3) is 2.14. The summed E-state index contributed by atoms with van der Waals surface area (Å²) < 4.78 is 0. The summed E-state index contributed by atoms with van der Waals surface area (Å²) in [6.45, 7) is 3.54. The van der Waals surface area contributed by atoms with E-state index in [4.69, 9.17) is 0 Å². The van der Waals surface area contributed by atoms with Gasteiger partial charge in [0.2, 0.25) is 0 Å². The van der Waals surface area contributed by atoms with Gasteiger partial charge in [-0.05, 0) is 31.5 Å². The van der Waals surface area contributed by atoms with Crippen LogP contribution >= 0.6 is 0 Å². The molecule has 0 unspecified atom stereocenters. The highest BCUT2D eigenvalue weighted by molar-refractivity contribution is 5.56. The molecule has 2 nitrogen and oxygen atoms in total. The Balaban J connectivity index is 1.70. The van der Waals surface area contributed by atoms with Gasteiger partial charge in [0.25, 0.3) is 0 Å². The molecule has 1 aromatic rings. The minimum absolute atomic E-state index is 0.672. The van der Waals surface area contributed by atoms with Crippen LogP contribution in [-0.4, -0.2) is 20.1 Å². The molecule has 2 fully saturated rings. The first-order valence-electron chi connectivity index (χ1n) is 7.30. The number of nitrogens with zero attached hydrogens (tertiary/aromatic N) is 1. The number of benzene rings is 1. The molecule has 1 saturated heterocycles. The van der Waals surface area contributed by atoms with E-state index in [9.17, 15) is 0 Å². The average Bonchev–Trinajstić information content (AvgIpc) is 2.38. The predicted molar refractivity (Wildman–Crippen MR) is 76.9 cm³/mol. The smallest absolute Gasteiger partial charge is 0.0412 e. The van der Waals surface area contributed by atoms with Crippen molar-refractivity contribution >= 4 is 5.69 Å². The van der Waals surface area contributed by atoms with E-state index in [1.165, 1.54) is 56.4 Å². The summed E-state index contributed by atoms with van der Waals surface area (Å²) in [5.41, 5.74) is 3.55. The van der Waals surface area contributed by atoms with Crippen LogP contribution < -0.4 is 10.2 Å². The number of nitrogens with one attached hydrogen (secondary N) is 1. The molecule has 0 amide bonds. The Labute approximate surface area is 110 Å². The number of hydrogen-bond donors (Lipinski definition) is 1. The first-order valence-corrected chi connectivity index (χ1v) is 7.30. The van der Waals surface area contributed by atoms with Crippen LogP contribution in [0, 0.1) is 5.41 Å². The van der Waals surface area contributed by atoms with E-state index in [2.05, 4.69) is 34.5 Å². The molecular weight excluding hydrogens is 220 g/mol. The summed E-state index contributed by atoms with van der Waals surface area (Å²) in [5, 5.41) is 3.27. The molecule has 1 N–H and O–H groups in total. The fourth-order valence-corrected chi connectivity index (χ4v) is 3.71. The molecule has 0 radical (unpaired) electrons. The van der Waals surface area contributed by atoms with Gasteiger partial charge >= 0.3 is 0 Å². The second kappa shape index (κ2) is 4.93. The summed E-state index contributed by atoms with van der Waals surface area (Å²) in [7, 11) is 2.02. The van der Waals surface area contributed by atoms with Crippen molar-refractivity contribution in [3.63, 3.8) is 0 Å². The van der Waals surface area contributed by atoms with Crippen LogP contribution in [0.1, 0.15) is 37.7 Å². The van der Waals surface area contributed by atoms with Gasteiger partial charge in [-0.2, -0.15) is 0 Å². The Bertz CT molecular complexity index is 399. The minimum Gasteiger partial charge on any atom is -0.370 e. The van der Waals surface area contributed by atoms with Gasteiger partial charge < -0.3 is 10.2 Å². The molecule has 98 valence electrons. The van der Waals surface area contributed by atoms with Crippen molar-refractivity contribution in [1.82, 2.24) is 5.32 Å². The molecule has 2 heteroatoms. The van der Waals surface area contributed by atoms with Crippen molar-refractivity contribution in [1.29, 1.82) is 0 Å². The summed E-state index contributed by atoms with van der Waals surface area (Å²) >= 11 is 0. The minimum atomic E-state index is 0.672. The van der Waals surface area contributed by atoms with Crippen molar-refractivity contribution in [3.8, 4) is 0 Å². The van der Waals surface area contributed by atoms with Crippen LogP contribution in [0.5, 0.6) is 0 Å². The molecule has 1 heterocycles. The Morgan fingerprint density at radius 1 is 1.11 bits per heavy atom. The molecule has 0 atom stereocenters. The first kappa shape index (κ1) is 12.0. The Morgan fingerprint density at radius 2 is 1.83 bits per heavy atom. The van der Waals surface area contributed by atoms with Gasteiger partial charge in [-0.3, -0.25) is 0 Å². The Hall–Kier alpha value is -1.02. The third-order valence-corrected chi connectivity index (χ3v) is 4.67.